The molecule has 0 bridgehead atoms. The zero-order chi connectivity index (χ0) is 13.8. The Hall–Kier alpha value is -0.390. The number of piperidine rings is 1. The molecular formula is C14H21BrN2OS. The summed E-state index contributed by atoms with van der Waals surface area (Å²) in [5.41, 5.74) is 0. The summed E-state index contributed by atoms with van der Waals surface area (Å²) < 4.78 is 1.09. The highest BCUT2D eigenvalue weighted by atomic mass is 79.9. The molecule has 0 aliphatic carbocycles. The van der Waals surface area contributed by atoms with E-state index in [0.717, 1.165) is 17.4 Å². The molecule has 1 N–H and O–H groups in total. The molecule has 2 unspecified atom stereocenters. The molecule has 0 saturated carbocycles. The SMILES string of the molecule is CCC1CCNC(C(=O)N(C)Cc2cc(Br)cs2)C1. The van der Waals surface area contributed by atoms with Gasteiger partial charge in [0, 0.05) is 21.8 Å². The molecule has 1 amide bonds. The molecule has 1 fully saturated rings. The highest BCUT2D eigenvalue weighted by Crippen LogP contribution is 2.23. The highest BCUT2D eigenvalue weighted by molar-refractivity contribution is 9.10. The molecule has 1 aromatic rings. The minimum Gasteiger partial charge on any atom is -0.339 e. The predicted octanol–water partition coefficient (Wildman–Crippen LogP) is 3.25. The van der Waals surface area contributed by atoms with Gasteiger partial charge in [-0.15, -0.1) is 11.3 Å². The van der Waals surface area contributed by atoms with Crippen LogP contribution >= 0.6 is 27.3 Å². The van der Waals surface area contributed by atoms with Gasteiger partial charge in [-0.05, 0) is 47.3 Å². The number of carbonyl (C=O) groups excluding carboxylic acids is 1. The normalized spacial score (nSPS) is 23.3. The number of carbonyl (C=O) groups is 1. The van der Waals surface area contributed by atoms with Gasteiger partial charge in [0.15, 0.2) is 0 Å². The lowest BCUT2D eigenvalue weighted by atomic mass is 9.90. The molecular weight excluding hydrogens is 324 g/mol. The second-order valence-corrected chi connectivity index (χ2v) is 7.14. The summed E-state index contributed by atoms with van der Waals surface area (Å²) in [5.74, 6) is 0.919. The number of nitrogens with zero attached hydrogens (tertiary/aromatic N) is 1. The first-order valence-electron chi connectivity index (χ1n) is 6.81. The van der Waals surface area contributed by atoms with Gasteiger partial charge in [0.05, 0.1) is 12.6 Å². The third-order valence-electron chi connectivity index (χ3n) is 3.78. The maximum absolute atomic E-state index is 12.4. The van der Waals surface area contributed by atoms with E-state index < -0.39 is 0 Å². The highest BCUT2D eigenvalue weighted by Gasteiger charge is 2.28. The second kappa shape index (κ2) is 6.86. The zero-order valence-electron chi connectivity index (χ0n) is 11.5. The first kappa shape index (κ1) is 15.0. The Morgan fingerprint density at radius 3 is 3.05 bits per heavy atom. The predicted molar refractivity (Wildman–Crippen MR) is 83.3 cm³/mol. The molecule has 5 heteroatoms. The zero-order valence-corrected chi connectivity index (χ0v) is 13.9. The van der Waals surface area contributed by atoms with Crippen molar-refractivity contribution in [1.82, 2.24) is 10.2 Å². The summed E-state index contributed by atoms with van der Waals surface area (Å²) in [6, 6.07) is 2.09. The van der Waals surface area contributed by atoms with Gasteiger partial charge in [0.2, 0.25) is 5.91 Å². The molecule has 0 spiro atoms. The van der Waals surface area contributed by atoms with Gasteiger partial charge >= 0.3 is 0 Å². The number of hydrogen-bond acceptors (Lipinski definition) is 3. The molecule has 19 heavy (non-hydrogen) atoms. The maximum atomic E-state index is 12.4. The van der Waals surface area contributed by atoms with E-state index in [-0.39, 0.29) is 11.9 Å². The van der Waals surface area contributed by atoms with Crippen LogP contribution in [0.1, 0.15) is 31.1 Å². The topological polar surface area (TPSA) is 32.3 Å². The van der Waals surface area contributed by atoms with Gasteiger partial charge in [-0.25, -0.2) is 0 Å². The molecule has 0 radical (unpaired) electrons. The van der Waals surface area contributed by atoms with Crippen LogP contribution in [0.4, 0.5) is 0 Å². The molecule has 1 saturated heterocycles. The minimum absolute atomic E-state index is 0.00658. The molecule has 2 atom stereocenters. The lowest BCUT2D eigenvalue weighted by Crippen LogP contribution is -2.48. The Kier molecular flexibility index (Phi) is 5.42. The number of nitrogens with one attached hydrogen (secondary N) is 1. The smallest absolute Gasteiger partial charge is 0.239 e. The van der Waals surface area contributed by atoms with Crippen LogP contribution in [0.5, 0.6) is 0 Å². The van der Waals surface area contributed by atoms with E-state index in [2.05, 4.69) is 39.6 Å². The summed E-state index contributed by atoms with van der Waals surface area (Å²) in [5, 5.41) is 5.41. The van der Waals surface area contributed by atoms with Gasteiger partial charge in [0.1, 0.15) is 0 Å². The Morgan fingerprint density at radius 1 is 1.63 bits per heavy atom. The van der Waals surface area contributed by atoms with E-state index in [1.807, 2.05) is 11.9 Å². The largest absolute Gasteiger partial charge is 0.339 e. The average Bonchev–Trinajstić information content (AvgIpc) is 2.83. The van der Waals surface area contributed by atoms with Crippen LogP contribution in [0.15, 0.2) is 15.9 Å². The fraction of sp³-hybridized carbons (Fsp3) is 0.643. The molecule has 2 heterocycles. The number of thiophene rings is 1. The molecule has 1 aliphatic rings. The third-order valence-corrected chi connectivity index (χ3v) is 5.46. The number of likely N-dealkylation sites (N-methyl/N-ethyl adjacent to an activating group) is 1. The Balaban J connectivity index is 1.91. The molecule has 106 valence electrons. The number of rotatable bonds is 4. The van der Waals surface area contributed by atoms with Crippen molar-refractivity contribution in [2.45, 2.75) is 38.8 Å². The van der Waals surface area contributed by atoms with Crippen molar-refractivity contribution in [2.24, 2.45) is 5.92 Å². The van der Waals surface area contributed by atoms with Gasteiger partial charge in [-0.3, -0.25) is 4.79 Å². The van der Waals surface area contributed by atoms with Gasteiger partial charge in [-0.2, -0.15) is 0 Å². The van der Waals surface area contributed by atoms with Crippen LogP contribution in [0.3, 0.4) is 0 Å². The molecule has 1 aliphatic heterocycles. The van der Waals surface area contributed by atoms with E-state index in [9.17, 15) is 4.79 Å². The number of hydrogen-bond donors (Lipinski definition) is 1. The second-order valence-electron chi connectivity index (χ2n) is 5.23. The molecule has 3 nitrogen and oxygen atoms in total. The number of halogens is 1. The Labute approximate surface area is 127 Å². The molecule has 0 aromatic carbocycles. The Morgan fingerprint density at radius 2 is 2.42 bits per heavy atom. The van der Waals surface area contributed by atoms with E-state index in [0.29, 0.717) is 12.5 Å². The van der Waals surface area contributed by atoms with E-state index in [4.69, 9.17) is 0 Å². The first-order valence-corrected chi connectivity index (χ1v) is 8.48. The lowest BCUT2D eigenvalue weighted by molar-refractivity contribution is -0.133. The van der Waals surface area contributed by atoms with Crippen LogP contribution < -0.4 is 5.32 Å². The van der Waals surface area contributed by atoms with Crippen LogP contribution in [0.2, 0.25) is 0 Å². The quantitative estimate of drug-likeness (QED) is 0.909. The average molecular weight is 345 g/mol. The minimum atomic E-state index is 0.00658. The molecule has 1 aromatic heterocycles. The maximum Gasteiger partial charge on any atom is 0.239 e. The lowest BCUT2D eigenvalue weighted by Gasteiger charge is -2.31. The fourth-order valence-corrected chi connectivity index (χ4v) is 4.07. The van der Waals surface area contributed by atoms with Crippen molar-refractivity contribution < 1.29 is 4.79 Å². The van der Waals surface area contributed by atoms with Crippen molar-refractivity contribution in [3.05, 3.63) is 20.8 Å². The van der Waals surface area contributed by atoms with Crippen LogP contribution in [0.25, 0.3) is 0 Å². The summed E-state index contributed by atoms with van der Waals surface area (Å²) in [4.78, 5) is 15.5. The number of amides is 1. The fourth-order valence-electron chi connectivity index (χ4n) is 2.57. The van der Waals surface area contributed by atoms with E-state index in [1.165, 1.54) is 17.7 Å². The Bertz CT molecular complexity index is 435. The van der Waals surface area contributed by atoms with Gasteiger partial charge in [-0.1, -0.05) is 13.3 Å². The first-order chi connectivity index (χ1) is 9.10. The van der Waals surface area contributed by atoms with Crippen molar-refractivity contribution in [3.8, 4) is 0 Å². The molecule has 2 rings (SSSR count). The van der Waals surface area contributed by atoms with E-state index in [1.54, 1.807) is 11.3 Å². The van der Waals surface area contributed by atoms with Crippen LogP contribution in [-0.4, -0.2) is 30.4 Å². The summed E-state index contributed by atoms with van der Waals surface area (Å²) in [7, 11) is 1.90. The van der Waals surface area contributed by atoms with Gasteiger partial charge in [0.25, 0.3) is 0 Å². The summed E-state index contributed by atoms with van der Waals surface area (Å²) >= 11 is 5.13. The third kappa shape index (κ3) is 4.04. The van der Waals surface area contributed by atoms with Crippen molar-refractivity contribution >= 4 is 33.2 Å². The summed E-state index contributed by atoms with van der Waals surface area (Å²) in [6.07, 6.45) is 3.35. The van der Waals surface area contributed by atoms with Crippen molar-refractivity contribution in [3.63, 3.8) is 0 Å². The van der Waals surface area contributed by atoms with Crippen molar-refractivity contribution in [1.29, 1.82) is 0 Å². The van der Waals surface area contributed by atoms with E-state index >= 15 is 0 Å². The van der Waals surface area contributed by atoms with Crippen LogP contribution in [-0.2, 0) is 11.3 Å². The monoisotopic (exact) mass is 344 g/mol. The van der Waals surface area contributed by atoms with Crippen molar-refractivity contribution in [2.75, 3.05) is 13.6 Å². The van der Waals surface area contributed by atoms with Crippen LogP contribution in [0, 0.1) is 5.92 Å². The van der Waals surface area contributed by atoms with Gasteiger partial charge < -0.3 is 10.2 Å². The summed E-state index contributed by atoms with van der Waals surface area (Å²) in [6.45, 7) is 3.88. The standard InChI is InChI=1S/C14H21BrN2OS/c1-3-10-4-5-16-13(6-10)14(18)17(2)8-12-7-11(15)9-19-12/h7,9-10,13,16H,3-6,8H2,1-2H3.